The van der Waals surface area contributed by atoms with Crippen LogP contribution in [-0.4, -0.2) is 34.1 Å². The van der Waals surface area contributed by atoms with Gasteiger partial charge in [0.15, 0.2) is 0 Å². The van der Waals surface area contributed by atoms with Gasteiger partial charge in [-0.05, 0) is 57.9 Å². The number of piperidine rings is 1. The van der Waals surface area contributed by atoms with Crippen molar-refractivity contribution in [2.45, 2.75) is 70.4 Å². The minimum absolute atomic E-state index is 0.438. The third-order valence-electron chi connectivity index (χ3n) is 4.85. The molecule has 2 fully saturated rings. The lowest BCUT2D eigenvalue weighted by molar-refractivity contribution is -0.158. The second kappa shape index (κ2) is 4.97. The van der Waals surface area contributed by atoms with Crippen LogP contribution in [0.5, 0.6) is 0 Å². The summed E-state index contributed by atoms with van der Waals surface area (Å²) in [5.41, 5.74) is -0.549. The van der Waals surface area contributed by atoms with E-state index in [0.29, 0.717) is 12.0 Å². The largest absolute Gasteiger partial charge is 0.480 e. The Morgan fingerprint density at radius 3 is 2.35 bits per heavy atom. The molecule has 1 aliphatic heterocycles. The van der Waals surface area contributed by atoms with Crippen LogP contribution in [0.15, 0.2) is 0 Å². The first-order valence-electron chi connectivity index (χ1n) is 7.06. The molecule has 1 N–H and O–H groups in total. The van der Waals surface area contributed by atoms with Crippen molar-refractivity contribution in [3.63, 3.8) is 0 Å². The van der Waals surface area contributed by atoms with Gasteiger partial charge in [-0.25, -0.2) is 0 Å². The van der Waals surface area contributed by atoms with Gasteiger partial charge >= 0.3 is 5.97 Å². The molecule has 0 aromatic carbocycles. The minimum Gasteiger partial charge on any atom is -0.480 e. The Balaban J connectivity index is 2.18. The fourth-order valence-corrected chi connectivity index (χ4v) is 3.60. The Kier molecular flexibility index (Phi) is 3.76. The molecule has 1 aliphatic carbocycles. The van der Waals surface area contributed by atoms with Crippen molar-refractivity contribution in [2.24, 2.45) is 5.92 Å². The fraction of sp³-hybridized carbons (Fsp3) is 0.929. The van der Waals surface area contributed by atoms with Crippen molar-refractivity contribution < 1.29 is 9.90 Å². The predicted molar refractivity (Wildman–Crippen MR) is 68.0 cm³/mol. The van der Waals surface area contributed by atoms with Gasteiger partial charge in [0.1, 0.15) is 5.54 Å². The van der Waals surface area contributed by atoms with Crippen molar-refractivity contribution in [3.8, 4) is 0 Å². The molecule has 1 unspecified atom stereocenters. The monoisotopic (exact) mass is 239 g/mol. The van der Waals surface area contributed by atoms with Gasteiger partial charge in [-0.1, -0.05) is 13.3 Å². The normalized spacial score (nSPS) is 40.1. The van der Waals surface area contributed by atoms with Crippen LogP contribution in [0.2, 0.25) is 0 Å². The Hall–Kier alpha value is -0.570. The van der Waals surface area contributed by atoms with E-state index in [1.165, 1.54) is 6.42 Å². The third-order valence-corrected chi connectivity index (χ3v) is 4.85. The van der Waals surface area contributed by atoms with Gasteiger partial charge in [0, 0.05) is 6.04 Å². The maximum Gasteiger partial charge on any atom is 0.324 e. The Labute approximate surface area is 104 Å². The first kappa shape index (κ1) is 12.9. The van der Waals surface area contributed by atoms with Gasteiger partial charge in [-0.3, -0.25) is 9.69 Å². The first-order chi connectivity index (χ1) is 8.06. The van der Waals surface area contributed by atoms with Crippen LogP contribution in [0.25, 0.3) is 0 Å². The average molecular weight is 239 g/mol. The van der Waals surface area contributed by atoms with Crippen molar-refractivity contribution in [1.29, 1.82) is 0 Å². The highest BCUT2D eigenvalue weighted by Gasteiger charge is 2.47. The summed E-state index contributed by atoms with van der Waals surface area (Å²) < 4.78 is 0. The summed E-state index contributed by atoms with van der Waals surface area (Å²) in [5, 5.41) is 9.70. The Morgan fingerprint density at radius 1 is 1.18 bits per heavy atom. The van der Waals surface area contributed by atoms with E-state index in [2.05, 4.69) is 18.7 Å². The van der Waals surface area contributed by atoms with Crippen LogP contribution in [0.3, 0.4) is 0 Å². The van der Waals surface area contributed by atoms with Gasteiger partial charge in [0.2, 0.25) is 0 Å². The van der Waals surface area contributed by atoms with Gasteiger partial charge < -0.3 is 5.11 Å². The lowest BCUT2D eigenvalue weighted by Crippen LogP contribution is -2.60. The standard InChI is InChI=1S/C14H25NO2/c1-11-6-8-14(9-7-11,13(16)17)15-10-4-3-5-12(15)2/h11-12H,3-10H2,1-2H3,(H,16,17). The number of likely N-dealkylation sites (tertiary alicyclic amines) is 1. The molecule has 0 aromatic rings. The molecule has 3 nitrogen and oxygen atoms in total. The van der Waals surface area contributed by atoms with Crippen molar-refractivity contribution >= 4 is 5.97 Å². The van der Waals surface area contributed by atoms with Crippen LogP contribution in [0, 0.1) is 5.92 Å². The number of nitrogens with zero attached hydrogens (tertiary/aromatic N) is 1. The summed E-state index contributed by atoms with van der Waals surface area (Å²) in [4.78, 5) is 14.1. The SMILES string of the molecule is CC1CCC(C(=O)O)(N2CCCCC2C)CC1. The minimum atomic E-state index is -0.585. The fourth-order valence-electron chi connectivity index (χ4n) is 3.60. The molecule has 1 saturated carbocycles. The van der Waals surface area contributed by atoms with Crippen LogP contribution in [-0.2, 0) is 4.79 Å². The molecule has 98 valence electrons. The summed E-state index contributed by atoms with van der Waals surface area (Å²) in [7, 11) is 0. The molecular formula is C14H25NO2. The molecule has 1 heterocycles. The molecule has 0 bridgehead atoms. The number of aliphatic carboxylic acids is 1. The lowest BCUT2D eigenvalue weighted by atomic mass is 9.74. The van der Waals surface area contributed by atoms with Gasteiger partial charge in [-0.15, -0.1) is 0 Å². The van der Waals surface area contributed by atoms with Crippen LogP contribution >= 0.6 is 0 Å². The molecule has 0 radical (unpaired) electrons. The molecule has 0 aromatic heterocycles. The summed E-state index contributed by atoms with van der Waals surface area (Å²) in [6.45, 7) is 5.41. The highest BCUT2D eigenvalue weighted by atomic mass is 16.4. The average Bonchev–Trinajstić information content (AvgIpc) is 2.31. The highest BCUT2D eigenvalue weighted by molar-refractivity contribution is 5.79. The molecule has 3 heteroatoms. The van der Waals surface area contributed by atoms with Crippen molar-refractivity contribution in [2.75, 3.05) is 6.54 Å². The van der Waals surface area contributed by atoms with E-state index in [4.69, 9.17) is 0 Å². The summed E-state index contributed by atoms with van der Waals surface area (Å²) in [6, 6.07) is 0.438. The highest BCUT2D eigenvalue weighted by Crippen LogP contribution is 2.39. The zero-order chi connectivity index (χ0) is 12.5. The Morgan fingerprint density at radius 2 is 1.82 bits per heavy atom. The molecule has 1 atom stereocenters. The summed E-state index contributed by atoms with van der Waals surface area (Å²) >= 11 is 0. The maximum atomic E-state index is 11.8. The van der Waals surface area contributed by atoms with E-state index in [9.17, 15) is 9.90 Å². The molecule has 0 amide bonds. The van der Waals surface area contributed by atoms with Gasteiger partial charge in [-0.2, -0.15) is 0 Å². The predicted octanol–water partition coefficient (Wildman–Crippen LogP) is 2.89. The molecule has 2 aliphatic rings. The molecule has 1 saturated heterocycles. The second-order valence-electron chi connectivity index (χ2n) is 6.06. The van der Waals surface area contributed by atoms with Crippen LogP contribution in [0.4, 0.5) is 0 Å². The van der Waals surface area contributed by atoms with E-state index in [1.807, 2.05) is 0 Å². The quantitative estimate of drug-likeness (QED) is 0.805. The number of hydrogen-bond donors (Lipinski definition) is 1. The zero-order valence-electron chi connectivity index (χ0n) is 11.1. The molecule has 17 heavy (non-hydrogen) atoms. The zero-order valence-corrected chi connectivity index (χ0v) is 11.1. The smallest absolute Gasteiger partial charge is 0.324 e. The number of carboxylic acid groups (broad SMARTS) is 1. The Bertz CT molecular complexity index is 282. The van der Waals surface area contributed by atoms with Crippen molar-refractivity contribution in [1.82, 2.24) is 4.90 Å². The van der Waals surface area contributed by atoms with Gasteiger partial charge in [0.05, 0.1) is 0 Å². The summed E-state index contributed by atoms with van der Waals surface area (Å²) in [6.07, 6.45) is 7.38. The number of carboxylic acids is 1. The second-order valence-corrected chi connectivity index (χ2v) is 6.06. The lowest BCUT2D eigenvalue weighted by Gasteiger charge is -2.49. The van der Waals surface area contributed by atoms with E-state index >= 15 is 0 Å². The van der Waals surface area contributed by atoms with E-state index in [1.54, 1.807) is 0 Å². The number of hydrogen-bond acceptors (Lipinski definition) is 2. The number of rotatable bonds is 2. The topological polar surface area (TPSA) is 40.5 Å². The molecular weight excluding hydrogens is 214 g/mol. The van der Waals surface area contributed by atoms with Crippen LogP contribution in [0.1, 0.15) is 58.8 Å². The van der Waals surface area contributed by atoms with E-state index in [-0.39, 0.29) is 0 Å². The van der Waals surface area contributed by atoms with E-state index in [0.717, 1.165) is 45.1 Å². The molecule has 0 spiro atoms. The molecule has 2 rings (SSSR count). The third kappa shape index (κ3) is 2.35. The van der Waals surface area contributed by atoms with E-state index < -0.39 is 11.5 Å². The van der Waals surface area contributed by atoms with Crippen molar-refractivity contribution in [3.05, 3.63) is 0 Å². The number of carbonyl (C=O) groups is 1. The maximum absolute atomic E-state index is 11.8. The summed E-state index contributed by atoms with van der Waals surface area (Å²) in [5.74, 6) is 0.112. The first-order valence-corrected chi connectivity index (χ1v) is 7.06. The van der Waals surface area contributed by atoms with Gasteiger partial charge in [0.25, 0.3) is 0 Å². The van der Waals surface area contributed by atoms with Crippen LogP contribution < -0.4 is 0 Å².